The first-order valence-corrected chi connectivity index (χ1v) is 7.30. The normalized spacial score (nSPS) is 10.6. The number of carboxylic acid groups (broad SMARTS) is 1. The molecular weight excluding hydrogens is 244 g/mol. The van der Waals surface area contributed by atoms with Crippen molar-refractivity contribution in [1.29, 1.82) is 0 Å². The molecule has 0 heterocycles. The van der Waals surface area contributed by atoms with E-state index in [0.717, 1.165) is 52.0 Å². The zero-order valence-corrected chi connectivity index (χ0v) is 12.1. The molecular formula is C13H30N4O2. The number of likely N-dealkylation sites (N-methyl/N-ethyl adjacent to an activating group) is 1. The zero-order valence-electron chi connectivity index (χ0n) is 12.1. The third-order valence-electron chi connectivity index (χ3n) is 2.82. The van der Waals surface area contributed by atoms with Crippen LogP contribution >= 0.6 is 0 Å². The van der Waals surface area contributed by atoms with Gasteiger partial charge in [-0.25, -0.2) is 4.79 Å². The first-order valence-electron chi connectivity index (χ1n) is 7.30. The molecule has 0 spiro atoms. The minimum Gasteiger partial charge on any atom is -0.465 e. The van der Waals surface area contributed by atoms with E-state index in [1.165, 1.54) is 12.8 Å². The maximum Gasteiger partial charge on any atom is 0.404 e. The lowest BCUT2D eigenvalue weighted by Crippen LogP contribution is -2.26. The van der Waals surface area contributed by atoms with Crippen LogP contribution in [0.1, 0.15) is 32.1 Å². The van der Waals surface area contributed by atoms with E-state index in [4.69, 9.17) is 5.11 Å². The van der Waals surface area contributed by atoms with Gasteiger partial charge in [-0.05, 0) is 52.4 Å². The Morgan fingerprint density at radius 1 is 0.789 bits per heavy atom. The van der Waals surface area contributed by atoms with Crippen molar-refractivity contribution in [3.63, 3.8) is 0 Å². The van der Waals surface area contributed by atoms with E-state index in [1.807, 2.05) is 7.05 Å². The Morgan fingerprint density at radius 2 is 1.32 bits per heavy atom. The molecule has 0 fully saturated rings. The molecule has 19 heavy (non-hydrogen) atoms. The molecule has 0 aliphatic heterocycles. The van der Waals surface area contributed by atoms with Crippen molar-refractivity contribution in [2.45, 2.75) is 32.1 Å². The summed E-state index contributed by atoms with van der Waals surface area (Å²) in [6, 6.07) is 0. The number of amides is 1. The maximum absolute atomic E-state index is 10.2. The molecule has 0 unspecified atom stereocenters. The van der Waals surface area contributed by atoms with Gasteiger partial charge in [-0.2, -0.15) is 0 Å². The van der Waals surface area contributed by atoms with Gasteiger partial charge in [-0.15, -0.1) is 0 Å². The molecule has 0 aromatic heterocycles. The fourth-order valence-corrected chi connectivity index (χ4v) is 1.71. The summed E-state index contributed by atoms with van der Waals surface area (Å²) in [5.41, 5.74) is 0. The van der Waals surface area contributed by atoms with E-state index in [2.05, 4.69) is 21.3 Å². The molecule has 5 N–H and O–H groups in total. The van der Waals surface area contributed by atoms with Gasteiger partial charge in [0.25, 0.3) is 0 Å². The average Bonchev–Trinajstić information content (AvgIpc) is 2.39. The molecule has 6 nitrogen and oxygen atoms in total. The Kier molecular flexibility index (Phi) is 14.5. The lowest BCUT2D eigenvalue weighted by Gasteiger charge is -2.06. The lowest BCUT2D eigenvalue weighted by molar-refractivity contribution is 0.194. The minimum atomic E-state index is -0.929. The summed E-state index contributed by atoms with van der Waals surface area (Å²) in [5.74, 6) is 0. The highest BCUT2D eigenvalue weighted by molar-refractivity contribution is 5.64. The second-order valence-electron chi connectivity index (χ2n) is 4.60. The predicted molar refractivity (Wildman–Crippen MR) is 78.8 cm³/mol. The zero-order chi connectivity index (χ0) is 14.2. The summed E-state index contributed by atoms with van der Waals surface area (Å²) < 4.78 is 0. The summed E-state index contributed by atoms with van der Waals surface area (Å²) >= 11 is 0. The Morgan fingerprint density at radius 3 is 1.89 bits per heavy atom. The van der Waals surface area contributed by atoms with E-state index < -0.39 is 6.09 Å². The Labute approximate surface area is 116 Å². The van der Waals surface area contributed by atoms with Gasteiger partial charge in [-0.3, -0.25) is 0 Å². The topological polar surface area (TPSA) is 85.4 Å². The van der Waals surface area contributed by atoms with Gasteiger partial charge < -0.3 is 26.4 Å². The Hall–Kier alpha value is -0.850. The first kappa shape index (κ1) is 18.1. The Bertz CT molecular complexity index is 203. The van der Waals surface area contributed by atoms with Crippen LogP contribution in [0, 0.1) is 0 Å². The molecule has 6 heteroatoms. The van der Waals surface area contributed by atoms with Crippen LogP contribution in [0.4, 0.5) is 4.79 Å². The van der Waals surface area contributed by atoms with Crippen LogP contribution in [0.5, 0.6) is 0 Å². The van der Waals surface area contributed by atoms with Gasteiger partial charge in [0, 0.05) is 19.6 Å². The van der Waals surface area contributed by atoms with Crippen molar-refractivity contribution in [3.8, 4) is 0 Å². The van der Waals surface area contributed by atoms with Crippen LogP contribution in [0.2, 0.25) is 0 Å². The minimum absolute atomic E-state index is 0.563. The van der Waals surface area contributed by atoms with Gasteiger partial charge in [0.15, 0.2) is 0 Å². The number of rotatable bonds is 14. The molecule has 1 amide bonds. The molecule has 0 aliphatic rings. The molecule has 0 saturated carbocycles. The summed E-state index contributed by atoms with van der Waals surface area (Å²) in [5, 5.41) is 20.6. The summed E-state index contributed by atoms with van der Waals surface area (Å²) in [6.07, 6.45) is 4.58. The van der Waals surface area contributed by atoms with Crippen molar-refractivity contribution in [1.82, 2.24) is 21.3 Å². The molecule has 0 aromatic carbocycles. The molecule has 0 bridgehead atoms. The quantitative estimate of drug-likeness (QED) is 0.300. The van der Waals surface area contributed by atoms with Gasteiger partial charge in [-0.1, -0.05) is 6.42 Å². The highest BCUT2D eigenvalue weighted by atomic mass is 16.4. The van der Waals surface area contributed by atoms with Crippen molar-refractivity contribution in [2.75, 3.05) is 46.3 Å². The smallest absolute Gasteiger partial charge is 0.404 e. The van der Waals surface area contributed by atoms with E-state index in [0.29, 0.717) is 6.54 Å². The van der Waals surface area contributed by atoms with E-state index in [-0.39, 0.29) is 0 Å². The molecule has 114 valence electrons. The largest absolute Gasteiger partial charge is 0.465 e. The maximum atomic E-state index is 10.2. The number of carbonyl (C=O) groups is 1. The highest BCUT2D eigenvalue weighted by Gasteiger charge is 1.94. The van der Waals surface area contributed by atoms with Crippen LogP contribution in [-0.4, -0.2) is 57.5 Å². The van der Waals surface area contributed by atoms with Crippen molar-refractivity contribution >= 4 is 6.09 Å². The fourth-order valence-electron chi connectivity index (χ4n) is 1.71. The average molecular weight is 274 g/mol. The standard InChI is InChI=1S/C13H30N4O2/c1-14-11-12-16-9-6-5-8-15-7-3-2-4-10-17-13(18)19/h14-17H,2-12H2,1H3,(H,18,19). The molecule has 0 atom stereocenters. The highest BCUT2D eigenvalue weighted by Crippen LogP contribution is 1.92. The van der Waals surface area contributed by atoms with E-state index >= 15 is 0 Å². The molecule has 0 aliphatic carbocycles. The third kappa shape index (κ3) is 17.1. The van der Waals surface area contributed by atoms with Crippen LogP contribution in [0.3, 0.4) is 0 Å². The summed E-state index contributed by atoms with van der Waals surface area (Å²) in [4.78, 5) is 10.2. The summed E-state index contributed by atoms with van der Waals surface area (Å²) in [7, 11) is 1.96. The fraction of sp³-hybridized carbons (Fsp3) is 0.923. The molecule has 0 radical (unpaired) electrons. The molecule has 0 rings (SSSR count). The van der Waals surface area contributed by atoms with Gasteiger partial charge in [0.2, 0.25) is 0 Å². The van der Waals surface area contributed by atoms with Crippen LogP contribution in [0.15, 0.2) is 0 Å². The van der Waals surface area contributed by atoms with Crippen LogP contribution in [-0.2, 0) is 0 Å². The van der Waals surface area contributed by atoms with Crippen molar-refractivity contribution in [2.24, 2.45) is 0 Å². The van der Waals surface area contributed by atoms with E-state index in [1.54, 1.807) is 0 Å². The number of unbranched alkanes of at least 4 members (excludes halogenated alkanes) is 3. The predicted octanol–water partition coefficient (Wildman–Crippen LogP) is 0.603. The number of hydrogen-bond acceptors (Lipinski definition) is 4. The number of hydrogen-bond donors (Lipinski definition) is 5. The van der Waals surface area contributed by atoms with Gasteiger partial charge in [0.1, 0.15) is 0 Å². The van der Waals surface area contributed by atoms with Gasteiger partial charge >= 0.3 is 6.09 Å². The SMILES string of the molecule is CNCCNCCCCNCCCCCNC(=O)O. The van der Waals surface area contributed by atoms with E-state index in [9.17, 15) is 4.79 Å². The second-order valence-corrected chi connectivity index (χ2v) is 4.60. The molecule has 0 aromatic rings. The second kappa shape index (κ2) is 15.2. The van der Waals surface area contributed by atoms with Crippen LogP contribution in [0.25, 0.3) is 0 Å². The molecule has 0 saturated heterocycles. The van der Waals surface area contributed by atoms with Gasteiger partial charge in [0.05, 0.1) is 0 Å². The van der Waals surface area contributed by atoms with Crippen molar-refractivity contribution in [3.05, 3.63) is 0 Å². The summed E-state index contributed by atoms with van der Waals surface area (Å²) in [6.45, 7) is 5.81. The third-order valence-corrected chi connectivity index (χ3v) is 2.82. The van der Waals surface area contributed by atoms with Crippen LogP contribution < -0.4 is 21.3 Å². The first-order chi connectivity index (χ1) is 9.27. The Balaban J connectivity index is 2.93. The monoisotopic (exact) mass is 274 g/mol. The number of nitrogens with one attached hydrogen (secondary N) is 4. The lowest BCUT2D eigenvalue weighted by atomic mass is 10.2. The van der Waals surface area contributed by atoms with Crippen molar-refractivity contribution < 1.29 is 9.90 Å².